The van der Waals surface area contributed by atoms with E-state index in [-0.39, 0.29) is 25.0 Å². The van der Waals surface area contributed by atoms with Crippen LogP contribution in [0.4, 0.5) is 4.79 Å². The lowest BCUT2D eigenvalue weighted by Gasteiger charge is -2.16. The maximum Gasteiger partial charge on any atom is 0.321 e. The Morgan fingerprint density at radius 2 is 1.80 bits per heavy atom. The smallest absolute Gasteiger partial charge is 0.321 e. The number of carbonyl (C=O) groups is 3. The van der Waals surface area contributed by atoms with Crippen molar-refractivity contribution in [1.29, 1.82) is 0 Å². The summed E-state index contributed by atoms with van der Waals surface area (Å²) in [6, 6.07) is -0.170. The molecule has 7 heteroatoms. The molecule has 0 aromatic heterocycles. The first-order valence-corrected chi connectivity index (χ1v) is 6.99. The van der Waals surface area contributed by atoms with Crippen molar-refractivity contribution in [3.05, 3.63) is 0 Å². The maximum atomic E-state index is 11.6. The molecule has 0 aliphatic heterocycles. The van der Waals surface area contributed by atoms with Gasteiger partial charge in [0.05, 0.1) is 13.1 Å². The van der Waals surface area contributed by atoms with Crippen LogP contribution < -0.4 is 16.0 Å². The predicted molar refractivity (Wildman–Crippen MR) is 75.1 cm³/mol. The second-order valence-corrected chi connectivity index (χ2v) is 5.35. The van der Waals surface area contributed by atoms with E-state index < -0.39 is 11.9 Å². The Hall–Kier alpha value is -1.63. The first-order valence-electron chi connectivity index (χ1n) is 6.99. The minimum atomic E-state index is -0.500. The predicted octanol–water partition coefficient (Wildman–Crippen LogP) is -0.179. The summed E-state index contributed by atoms with van der Waals surface area (Å²) in [7, 11) is 1.67. The van der Waals surface area contributed by atoms with Crippen LogP contribution in [-0.2, 0) is 9.59 Å². The van der Waals surface area contributed by atoms with Gasteiger partial charge in [-0.15, -0.1) is 0 Å². The number of hydrogen-bond donors (Lipinski definition) is 3. The molecule has 1 aliphatic rings. The summed E-state index contributed by atoms with van der Waals surface area (Å²) >= 11 is 0. The second kappa shape index (κ2) is 7.84. The molecule has 1 fully saturated rings. The first kappa shape index (κ1) is 16.4. The molecule has 0 saturated heterocycles. The Morgan fingerprint density at radius 3 is 2.35 bits per heavy atom. The van der Waals surface area contributed by atoms with Crippen molar-refractivity contribution in [1.82, 2.24) is 20.9 Å². The molecular weight excluding hydrogens is 260 g/mol. The highest BCUT2D eigenvalue weighted by Gasteiger charge is 2.23. The molecule has 1 rings (SSSR count). The molecule has 1 aliphatic carbocycles. The highest BCUT2D eigenvalue weighted by Crippen LogP contribution is 2.18. The van der Waals surface area contributed by atoms with Crippen LogP contribution in [0.25, 0.3) is 0 Å². The summed E-state index contributed by atoms with van der Waals surface area (Å²) < 4.78 is 0. The van der Waals surface area contributed by atoms with Crippen molar-refractivity contribution in [2.24, 2.45) is 0 Å². The fourth-order valence-electron chi connectivity index (χ4n) is 1.58. The molecule has 3 N–H and O–H groups in total. The van der Waals surface area contributed by atoms with Crippen LogP contribution in [0.3, 0.4) is 0 Å². The quantitative estimate of drug-likeness (QED) is 0.605. The third-order valence-corrected chi connectivity index (χ3v) is 3.01. The first-order chi connectivity index (χ1) is 9.40. The van der Waals surface area contributed by atoms with Gasteiger partial charge >= 0.3 is 6.03 Å². The van der Waals surface area contributed by atoms with Gasteiger partial charge < -0.3 is 10.6 Å². The molecule has 0 heterocycles. The average Bonchev–Trinajstić information content (AvgIpc) is 3.11. The van der Waals surface area contributed by atoms with Crippen molar-refractivity contribution in [3.8, 4) is 0 Å². The molecule has 20 heavy (non-hydrogen) atoms. The van der Waals surface area contributed by atoms with E-state index in [4.69, 9.17) is 0 Å². The summed E-state index contributed by atoms with van der Waals surface area (Å²) in [5, 5.41) is 7.72. The Kier molecular flexibility index (Phi) is 6.44. The van der Waals surface area contributed by atoms with Gasteiger partial charge in [-0.1, -0.05) is 6.92 Å². The summed E-state index contributed by atoms with van der Waals surface area (Å²) in [6.45, 7) is 3.96. The third kappa shape index (κ3) is 7.08. The molecule has 7 nitrogen and oxygen atoms in total. The van der Waals surface area contributed by atoms with E-state index in [1.807, 2.05) is 13.8 Å². The number of hydrogen-bond acceptors (Lipinski definition) is 4. The minimum Gasteiger partial charge on any atom is -0.352 e. The maximum absolute atomic E-state index is 11.6. The molecule has 0 bridgehead atoms. The van der Waals surface area contributed by atoms with Gasteiger partial charge in [-0.05, 0) is 33.2 Å². The fraction of sp³-hybridized carbons (Fsp3) is 0.769. The van der Waals surface area contributed by atoms with Crippen molar-refractivity contribution < 1.29 is 14.4 Å². The van der Waals surface area contributed by atoms with E-state index in [2.05, 4.69) is 16.0 Å². The Bertz CT molecular complexity index is 369. The molecule has 0 aromatic carbocycles. The number of likely N-dealkylation sites (N-methyl/N-ethyl adjacent to an activating group) is 1. The monoisotopic (exact) mass is 284 g/mol. The molecule has 0 aromatic rings. The highest BCUT2D eigenvalue weighted by molar-refractivity contribution is 5.95. The van der Waals surface area contributed by atoms with E-state index in [0.29, 0.717) is 6.04 Å². The normalized spacial score (nSPS) is 15.6. The molecule has 0 radical (unpaired) electrons. The highest BCUT2D eigenvalue weighted by atomic mass is 16.2. The largest absolute Gasteiger partial charge is 0.352 e. The van der Waals surface area contributed by atoms with Crippen LogP contribution in [0.15, 0.2) is 0 Å². The average molecular weight is 284 g/mol. The van der Waals surface area contributed by atoms with Crippen molar-refractivity contribution >= 4 is 17.8 Å². The second-order valence-electron chi connectivity index (χ2n) is 5.35. The van der Waals surface area contributed by atoms with Crippen LogP contribution >= 0.6 is 0 Å². The zero-order chi connectivity index (χ0) is 15.1. The summed E-state index contributed by atoms with van der Waals surface area (Å²) in [6.07, 6.45) is 2.86. The van der Waals surface area contributed by atoms with E-state index in [0.717, 1.165) is 19.3 Å². The summed E-state index contributed by atoms with van der Waals surface area (Å²) in [5.74, 6) is -0.514. The molecule has 114 valence electrons. The van der Waals surface area contributed by atoms with E-state index in [9.17, 15) is 14.4 Å². The molecule has 0 unspecified atom stereocenters. The topological polar surface area (TPSA) is 90.5 Å². The minimum absolute atomic E-state index is 0.00596. The number of nitrogens with one attached hydrogen (secondary N) is 3. The third-order valence-electron chi connectivity index (χ3n) is 3.01. The zero-order valence-electron chi connectivity index (χ0n) is 12.4. The molecule has 0 spiro atoms. The number of rotatable bonds is 7. The number of amides is 4. The Morgan fingerprint density at radius 1 is 1.20 bits per heavy atom. The fourth-order valence-corrected chi connectivity index (χ4v) is 1.58. The van der Waals surface area contributed by atoms with Gasteiger partial charge in [0.25, 0.3) is 0 Å². The van der Waals surface area contributed by atoms with E-state index in [1.165, 1.54) is 0 Å². The molecular formula is C13H24N4O3. The van der Waals surface area contributed by atoms with Gasteiger partial charge in [-0.2, -0.15) is 0 Å². The van der Waals surface area contributed by atoms with Crippen molar-refractivity contribution in [2.45, 2.75) is 45.2 Å². The van der Waals surface area contributed by atoms with Crippen molar-refractivity contribution in [3.63, 3.8) is 0 Å². The van der Waals surface area contributed by atoms with Gasteiger partial charge in [-0.3, -0.25) is 19.8 Å². The van der Waals surface area contributed by atoms with Crippen LogP contribution in [0.1, 0.15) is 33.1 Å². The number of carbonyl (C=O) groups excluding carboxylic acids is 3. The van der Waals surface area contributed by atoms with Crippen LogP contribution in [0.2, 0.25) is 0 Å². The standard InChI is InChI=1S/C13H24N4O3/c1-4-9(2)14-13(20)16-12(19)8-17(3)7-11(18)15-10-5-6-10/h9-10H,4-8H2,1-3H3,(H,15,18)(H2,14,16,19,20)/t9-/m1/s1. The van der Waals surface area contributed by atoms with Gasteiger partial charge in [0.1, 0.15) is 0 Å². The molecule has 1 atom stereocenters. The van der Waals surface area contributed by atoms with Crippen LogP contribution in [-0.4, -0.2) is 55.0 Å². The Labute approximate surface area is 119 Å². The molecule has 1 saturated carbocycles. The Balaban J connectivity index is 2.19. The lowest BCUT2D eigenvalue weighted by Crippen LogP contribution is -2.47. The SMILES string of the molecule is CC[C@@H](C)NC(=O)NC(=O)CN(C)CC(=O)NC1CC1. The van der Waals surface area contributed by atoms with Gasteiger partial charge in [0, 0.05) is 12.1 Å². The molecule has 4 amide bonds. The van der Waals surface area contributed by atoms with Crippen molar-refractivity contribution in [2.75, 3.05) is 20.1 Å². The van der Waals surface area contributed by atoms with E-state index >= 15 is 0 Å². The number of imide groups is 1. The van der Waals surface area contributed by atoms with Gasteiger partial charge in [-0.25, -0.2) is 4.79 Å². The van der Waals surface area contributed by atoms with Gasteiger partial charge in [0.15, 0.2) is 0 Å². The van der Waals surface area contributed by atoms with E-state index in [1.54, 1.807) is 11.9 Å². The van der Waals surface area contributed by atoms with Crippen LogP contribution in [0.5, 0.6) is 0 Å². The van der Waals surface area contributed by atoms with Crippen LogP contribution in [0, 0.1) is 0 Å². The number of nitrogens with zero attached hydrogens (tertiary/aromatic N) is 1. The summed E-state index contributed by atoms with van der Waals surface area (Å²) in [5.41, 5.74) is 0. The van der Waals surface area contributed by atoms with Gasteiger partial charge in [0.2, 0.25) is 11.8 Å². The summed E-state index contributed by atoms with van der Waals surface area (Å²) in [4.78, 5) is 36.1. The lowest BCUT2D eigenvalue weighted by molar-refractivity contribution is -0.124. The zero-order valence-corrected chi connectivity index (χ0v) is 12.4. The lowest BCUT2D eigenvalue weighted by atomic mass is 10.3. The number of urea groups is 1.